The minimum absolute atomic E-state index is 0.0215. The van der Waals surface area contributed by atoms with E-state index in [2.05, 4.69) is 19.4 Å². The number of aryl methyl sites for hydroxylation is 1. The van der Waals surface area contributed by atoms with E-state index in [1.54, 1.807) is 19.1 Å². The Morgan fingerprint density at radius 1 is 1.09 bits per heavy atom. The molecule has 0 fully saturated rings. The predicted molar refractivity (Wildman–Crippen MR) is 116 cm³/mol. The molecule has 0 atom stereocenters. The van der Waals surface area contributed by atoms with Crippen LogP contribution in [0.3, 0.4) is 0 Å². The fraction of sp³-hybridized carbons (Fsp3) is 0.150. The molecule has 0 heterocycles. The maximum atomic E-state index is 12.8. The third kappa shape index (κ3) is 4.96. The van der Waals surface area contributed by atoms with Crippen molar-refractivity contribution in [2.24, 2.45) is 0 Å². The standard InChI is InChI=1S/C20H19NO9S2/c1-11-5-4-6-15(19(11)23)20(24)21-16-9-13(31-30-29-27-2)7-12-8-14(32(25,26)28-3)10-17(22)18(12)16/h4-10,22-23H,1-3H3,(H,21,24). The summed E-state index contributed by atoms with van der Waals surface area (Å²) in [6.45, 7) is 1.65. The number of hydrogen-bond donors (Lipinski definition) is 3. The van der Waals surface area contributed by atoms with Crippen LogP contribution in [-0.2, 0) is 28.6 Å². The van der Waals surface area contributed by atoms with Gasteiger partial charge < -0.3 is 15.5 Å². The van der Waals surface area contributed by atoms with Crippen molar-refractivity contribution >= 4 is 44.5 Å². The Morgan fingerprint density at radius 3 is 2.53 bits per heavy atom. The lowest BCUT2D eigenvalue weighted by molar-refractivity contribution is -0.447. The number of phenolic OH excluding ortho intramolecular Hbond substituents is 2. The molecule has 3 aromatic rings. The van der Waals surface area contributed by atoms with Crippen molar-refractivity contribution in [2.45, 2.75) is 16.7 Å². The summed E-state index contributed by atoms with van der Waals surface area (Å²) in [5.41, 5.74) is 0.665. The predicted octanol–water partition coefficient (Wildman–Crippen LogP) is 3.66. The topological polar surface area (TPSA) is 141 Å². The largest absolute Gasteiger partial charge is 0.507 e. The van der Waals surface area contributed by atoms with Crippen LogP contribution in [0.2, 0.25) is 0 Å². The fourth-order valence-electron chi connectivity index (χ4n) is 2.94. The molecule has 0 unspecified atom stereocenters. The molecule has 170 valence electrons. The first-order chi connectivity index (χ1) is 15.2. The molecule has 3 aromatic carbocycles. The number of carbonyl (C=O) groups is 1. The van der Waals surface area contributed by atoms with Crippen LogP contribution >= 0.6 is 12.0 Å². The SMILES string of the molecule is COOOSc1cc(NC(=O)c2cccc(C)c2O)c2c(O)cc(S(=O)(=O)OC)cc2c1. The highest BCUT2D eigenvalue weighted by molar-refractivity contribution is 7.94. The van der Waals surface area contributed by atoms with Crippen molar-refractivity contribution < 1.29 is 41.9 Å². The molecule has 12 heteroatoms. The number of carbonyl (C=O) groups excluding carboxylic acids is 1. The maximum absolute atomic E-state index is 12.8. The third-order valence-electron chi connectivity index (χ3n) is 4.44. The zero-order valence-corrected chi connectivity index (χ0v) is 18.7. The van der Waals surface area contributed by atoms with E-state index in [-0.39, 0.29) is 32.7 Å². The molecule has 0 aliphatic carbocycles. The monoisotopic (exact) mass is 481 g/mol. The lowest BCUT2D eigenvalue weighted by Gasteiger charge is -2.14. The van der Waals surface area contributed by atoms with Gasteiger partial charge in [0, 0.05) is 16.3 Å². The average Bonchev–Trinajstić information content (AvgIpc) is 2.75. The van der Waals surface area contributed by atoms with Crippen LogP contribution in [0.15, 0.2) is 52.3 Å². The molecule has 3 N–H and O–H groups in total. The maximum Gasteiger partial charge on any atom is 0.296 e. The van der Waals surface area contributed by atoms with E-state index in [0.717, 1.165) is 25.2 Å². The number of amides is 1. The van der Waals surface area contributed by atoms with Crippen LogP contribution in [0.25, 0.3) is 10.8 Å². The Hall–Kier alpha value is -2.87. The van der Waals surface area contributed by atoms with E-state index < -0.39 is 21.8 Å². The lowest BCUT2D eigenvalue weighted by atomic mass is 10.1. The van der Waals surface area contributed by atoms with Crippen molar-refractivity contribution in [3.63, 3.8) is 0 Å². The molecular weight excluding hydrogens is 462 g/mol. The Kier molecular flexibility index (Phi) is 7.23. The quantitative estimate of drug-likeness (QED) is 0.143. The van der Waals surface area contributed by atoms with Gasteiger partial charge in [0.2, 0.25) is 0 Å². The van der Waals surface area contributed by atoms with Crippen molar-refractivity contribution in [1.29, 1.82) is 0 Å². The zero-order valence-electron chi connectivity index (χ0n) is 17.1. The number of phenols is 2. The minimum Gasteiger partial charge on any atom is -0.507 e. The molecule has 0 spiro atoms. The van der Waals surface area contributed by atoms with Gasteiger partial charge in [0.1, 0.15) is 11.5 Å². The molecule has 1 amide bonds. The van der Waals surface area contributed by atoms with E-state index >= 15 is 0 Å². The number of nitrogens with one attached hydrogen (secondary N) is 1. The second-order valence-corrected chi connectivity index (χ2v) is 8.93. The Balaban J connectivity index is 2.14. The number of para-hydroxylation sites is 1. The van der Waals surface area contributed by atoms with E-state index in [9.17, 15) is 23.4 Å². The Bertz CT molecular complexity index is 1280. The number of anilines is 1. The summed E-state index contributed by atoms with van der Waals surface area (Å²) in [7, 11) is -1.86. The van der Waals surface area contributed by atoms with Gasteiger partial charge in [-0.05, 0) is 42.1 Å². The zero-order chi connectivity index (χ0) is 23.5. The number of aromatic hydroxyl groups is 2. The van der Waals surface area contributed by atoms with Gasteiger partial charge in [0.05, 0.1) is 42.4 Å². The normalized spacial score (nSPS) is 11.6. The summed E-state index contributed by atoms with van der Waals surface area (Å²) in [6.07, 6.45) is 0. The summed E-state index contributed by atoms with van der Waals surface area (Å²) in [5, 5.41) is 28.2. The smallest absolute Gasteiger partial charge is 0.296 e. The highest BCUT2D eigenvalue weighted by atomic mass is 32.2. The summed E-state index contributed by atoms with van der Waals surface area (Å²) >= 11 is 0.717. The second-order valence-electron chi connectivity index (χ2n) is 6.44. The van der Waals surface area contributed by atoms with Gasteiger partial charge in [-0.2, -0.15) is 8.42 Å². The molecule has 3 rings (SSSR count). The summed E-state index contributed by atoms with van der Waals surface area (Å²) in [4.78, 5) is 17.3. The van der Waals surface area contributed by atoms with Crippen LogP contribution in [0.5, 0.6) is 11.5 Å². The molecule has 0 bridgehead atoms. The Morgan fingerprint density at radius 2 is 1.84 bits per heavy atom. The molecule has 10 nitrogen and oxygen atoms in total. The summed E-state index contributed by atoms with van der Waals surface area (Å²) in [5.74, 6) is -1.24. The minimum atomic E-state index is -4.10. The van der Waals surface area contributed by atoms with Crippen LogP contribution in [0.4, 0.5) is 5.69 Å². The summed E-state index contributed by atoms with van der Waals surface area (Å²) in [6, 6.07) is 9.97. The highest BCUT2D eigenvalue weighted by Crippen LogP contribution is 2.39. The average molecular weight is 482 g/mol. The second kappa shape index (κ2) is 9.73. The van der Waals surface area contributed by atoms with E-state index in [1.807, 2.05) is 0 Å². The van der Waals surface area contributed by atoms with Crippen molar-refractivity contribution in [3.05, 3.63) is 53.6 Å². The van der Waals surface area contributed by atoms with Gasteiger partial charge in [0.15, 0.2) is 0 Å². The molecule has 0 aromatic heterocycles. The van der Waals surface area contributed by atoms with Gasteiger partial charge >= 0.3 is 0 Å². The molecule has 0 aliphatic rings. The van der Waals surface area contributed by atoms with Crippen LogP contribution < -0.4 is 5.32 Å². The first-order valence-electron chi connectivity index (χ1n) is 8.93. The van der Waals surface area contributed by atoms with E-state index in [4.69, 9.17) is 4.33 Å². The molecule has 0 radical (unpaired) electrons. The summed E-state index contributed by atoms with van der Waals surface area (Å²) < 4.78 is 33.5. The van der Waals surface area contributed by atoms with Gasteiger partial charge in [-0.15, -0.1) is 4.33 Å². The highest BCUT2D eigenvalue weighted by Gasteiger charge is 2.20. The molecule has 0 saturated carbocycles. The van der Waals surface area contributed by atoms with Crippen LogP contribution in [-0.4, -0.2) is 38.8 Å². The molecule has 32 heavy (non-hydrogen) atoms. The van der Waals surface area contributed by atoms with Gasteiger partial charge in [-0.25, -0.2) is 4.89 Å². The first-order valence-corrected chi connectivity index (χ1v) is 11.1. The lowest BCUT2D eigenvalue weighted by Crippen LogP contribution is -2.13. The number of rotatable bonds is 8. The van der Waals surface area contributed by atoms with Crippen molar-refractivity contribution in [1.82, 2.24) is 0 Å². The number of fused-ring (bicyclic) bond motifs is 1. The number of benzene rings is 3. The molecule has 0 saturated heterocycles. The van der Waals surface area contributed by atoms with Crippen molar-refractivity contribution in [2.75, 3.05) is 19.5 Å². The third-order valence-corrected chi connectivity index (χ3v) is 6.24. The van der Waals surface area contributed by atoms with E-state index in [1.165, 1.54) is 31.4 Å². The van der Waals surface area contributed by atoms with Gasteiger partial charge in [-0.3, -0.25) is 8.98 Å². The molecular formula is C20H19NO9S2. The van der Waals surface area contributed by atoms with Gasteiger partial charge in [-0.1, -0.05) is 17.2 Å². The van der Waals surface area contributed by atoms with Crippen LogP contribution in [0.1, 0.15) is 15.9 Å². The Labute approximate surface area is 187 Å². The van der Waals surface area contributed by atoms with Gasteiger partial charge in [0.25, 0.3) is 16.0 Å². The molecule has 0 aliphatic heterocycles. The first kappa shape index (κ1) is 23.8. The number of hydrogen-bond acceptors (Lipinski definition) is 10. The van der Waals surface area contributed by atoms with Crippen LogP contribution in [0, 0.1) is 6.92 Å². The fourth-order valence-corrected chi connectivity index (χ4v) is 4.16. The van der Waals surface area contributed by atoms with E-state index in [0.29, 0.717) is 10.5 Å². The van der Waals surface area contributed by atoms with Crippen molar-refractivity contribution in [3.8, 4) is 11.5 Å².